The molecule has 0 radical (unpaired) electrons. The molecule has 1 aliphatic heterocycles. The topological polar surface area (TPSA) is 54.9 Å². The van der Waals surface area contributed by atoms with E-state index >= 15 is 0 Å². The number of morpholine rings is 1. The number of anilines is 1. The van der Waals surface area contributed by atoms with Gasteiger partial charge in [-0.3, -0.25) is 14.6 Å². The summed E-state index contributed by atoms with van der Waals surface area (Å²) in [5.41, 5.74) is 0.533. The quantitative estimate of drug-likeness (QED) is 0.524. The lowest BCUT2D eigenvalue weighted by Gasteiger charge is -2.29. The van der Waals surface area contributed by atoms with E-state index in [1.807, 2.05) is 13.8 Å². The monoisotopic (exact) mass is 461 g/mol. The minimum atomic E-state index is -0.738. The number of carbonyl (C=O) groups is 1. The second-order valence-corrected chi connectivity index (χ2v) is 8.84. The Hall–Kier alpha value is -2.62. The van der Waals surface area contributed by atoms with Gasteiger partial charge in [0.1, 0.15) is 17.1 Å². The fourth-order valence-electron chi connectivity index (χ4n) is 3.52. The molecule has 1 aliphatic rings. The molecule has 3 aromatic rings. The number of hydrogen-bond acceptors (Lipinski definition) is 6. The Morgan fingerprint density at radius 2 is 1.94 bits per heavy atom. The van der Waals surface area contributed by atoms with Crippen molar-refractivity contribution < 1.29 is 23.0 Å². The standard InChI is InChI=1S/C23H25F2N3O3S/c1-15(2)31-18-5-3-16(4-6-18)22(29)28(8-7-27-9-11-30-12-10-27)23-26-21-19(25)13-17(24)14-20(21)32-23/h3-6,13-15H,7-12H2,1-2H3. The molecule has 0 saturated carbocycles. The second-order valence-electron chi connectivity index (χ2n) is 7.83. The molecule has 0 bridgehead atoms. The highest BCUT2D eigenvalue weighted by atomic mass is 32.1. The van der Waals surface area contributed by atoms with E-state index in [2.05, 4.69) is 9.88 Å². The van der Waals surface area contributed by atoms with Gasteiger partial charge in [-0.05, 0) is 44.2 Å². The lowest BCUT2D eigenvalue weighted by molar-refractivity contribution is 0.0391. The van der Waals surface area contributed by atoms with Crippen LogP contribution in [-0.4, -0.2) is 61.3 Å². The van der Waals surface area contributed by atoms with E-state index in [4.69, 9.17) is 9.47 Å². The third kappa shape index (κ3) is 5.23. The molecule has 0 unspecified atom stereocenters. The summed E-state index contributed by atoms with van der Waals surface area (Å²) >= 11 is 1.10. The molecule has 1 amide bonds. The maximum atomic E-state index is 14.2. The molecule has 2 aromatic carbocycles. The zero-order valence-electron chi connectivity index (χ0n) is 18.0. The van der Waals surface area contributed by atoms with Gasteiger partial charge in [0.2, 0.25) is 0 Å². The van der Waals surface area contributed by atoms with Crippen molar-refractivity contribution in [3.05, 3.63) is 53.6 Å². The summed E-state index contributed by atoms with van der Waals surface area (Å²) in [6.07, 6.45) is 0.0274. The molecule has 9 heteroatoms. The van der Waals surface area contributed by atoms with Crippen LogP contribution in [0.15, 0.2) is 36.4 Å². The fraction of sp³-hybridized carbons (Fsp3) is 0.391. The summed E-state index contributed by atoms with van der Waals surface area (Å²) in [5.74, 6) is -0.987. The van der Waals surface area contributed by atoms with Crippen LogP contribution in [0.4, 0.5) is 13.9 Å². The Morgan fingerprint density at radius 3 is 2.62 bits per heavy atom. The fourth-order valence-corrected chi connectivity index (χ4v) is 4.54. The normalized spacial score (nSPS) is 14.8. The number of benzene rings is 2. The van der Waals surface area contributed by atoms with Crippen LogP contribution in [0, 0.1) is 11.6 Å². The SMILES string of the molecule is CC(C)Oc1ccc(C(=O)N(CCN2CCOCC2)c2nc3c(F)cc(F)cc3s2)cc1. The maximum Gasteiger partial charge on any atom is 0.260 e. The van der Waals surface area contributed by atoms with Gasteiger partial charge >= 0.3 is 0 Å². The van der Waals surface area contributed by atoms with E-state index in [1.165, 1.54) is 11.0 Å². The van der Waals surface area contributed by atoms with E-state index < -0.39 is 11.6 Å². The highest BCUT2D eigenvalue weighted by Gasteiger charge is 2.24. The van der Waals surface area contributed by atoms with Crippen LogP contribution in [-0.2, 0) is 4.74 Å². The van der Waals surface area contributed by atoms with E-state index in [-0.39, 0.29) is 17.5 Å². The average molecular weight is 462 g/mol. The number of thiazole rings is 1. The Morgan fingerprint density at radius 1 is 1.22 bits per heavy atom. The summed E-state index contributed by atoms with van der Waals surface area (Å²) in [7, 11) is 0. The van der Waals surface area contributed by atoms with Crippen LogP contribution < -0.4 is 9.64 Å². The minimum absolute atomic E-state index is 0.0274. The zero-order chi connectivity index (χ0) is 22.7. The highest BCUT2D eigenvalue weighted by molar-refractivity contribution is 7.22. The summed E-state index contributed by atoms with van der Waals surface area (Å²) in [5, 5.41) is 0.338. The number of hydrogen-bond donors (Lipinski definition) is 0. The van der Waals surface area contributed by atoms with Gasteiger partial charge in [-0.2, -0.15) is 0 Å². The predicted octanol–water partition coefficient (Wildman–Crippen LogP) is 4.34. The number of amides is 1. The molecular formula is C23H25F2N3O3S. The van der Waals surface area contributed by atoms with Gasteiger partial charge < -0.3 is 9.47 Å². The number of ether oxygens (including phenoxy) is 2. The van der Waals surface area contributed by atoms with Crippen LogP contribution in [0.25, 0.3) is 10.2 Å². The van der Waals surface area contributed by atoms with Crippen LogP contribution in [0.5, 0.6) is 5.75 Å². The number of nitrogens with zero attached hydrogens (tertiary/aromatic N) is 3. The highest BCUT2D eigenvalue weighted by Crippen LogP contribution is 2.32. The van der Waals surface area contributed by atoms with Crippen molar-refractivity contribution >= 4 is 32.6 Å². The van der Waals surface area contributed by atoms with Crippen molar-refractivity contribution in [3.8, 4) is 5.75 Å². The van der Waals surface area contributed by atoms with Crippen molar-refractivity contribution in [1.82, 2.24) is 9.88 Å². The lowest BCUT2D eigenvalue weighted by Crippen LogP contribution is -2.43. The van der Waals surface area contributed by atoms with Crippen molar-refractivity contribution in [2.45, 2.75) is 20.0 Å². The molecule has 1 saturated heterocycles. The van der Waals surface area contributed by atoms with Crippen LogP contribution in [0.3, 0.4) is 0 Å². The molecular weight excluding hydrogens is 436 g/mol. The molecule has 6 nitrogen and oxygen atoms in total. The third-order valence-electron chi connectivity index (χ3n) is 5.09. The summed E-state index contributed by atoms with van der Waals surface area (Å²) in [4.78, 5) is 21.5. The summed E-state index contributed by atoms with van der Waals surface area (Å²) in [6, 6.07) is 8.95. The predicted molar refractivity (Wildman–Crippen MR) is 121 cm³/mol. The maximum absolute atomic E-state index is 14.2. The van der Waals surface area contributed by atoms with Gasteiger partial charge in [0.05, 0.1) is 24.0 Å². The van der Waals surface area contributed by atoms with Gasteiger partial charge in [0, 0.05) is 37.8 Å². The number of halogens is 2. The molecule has 170 valence electrons. The smallest absolute Gasteiger partial charge is 0.260 e. The Labute approximate surface area is 189 Å². The van der Waals surface area contributed by atoms with Crippen molar-refractivity contribution in [1.29, 1.82) is 0 Å². The zero-order valence-corrected chi connectivity index (χ0v) is 18.8. The van der Waals surface area contributed by atoms with Gasteiger partial charge in [-0.25, -0.2) is 13.8 Å². The van der Waals surface area contributed by atoms with Gasteiger partial charge in [-0.15, -0.1) is 0 Å². The number of aromatic nitrogens is 1. The number of carbonyl (C=O) groups excluding carboxylic acids is 1. The number of rotatable bonds is 7. The summed E-state index contributed by atoms with van der Waals surface area (Å²) < 4.78 is 39.3. The minimum Gasteiger partial charge on any atom is -0.491 e. The first kappa shape index (κ1) is 22.6. The van der Waals surface area contributed by atoms with Gasteiger partial charge in [0.15, 0.2) is 10.9 Å². The molecule has 32 heavy (non-hydrogen) atoms. The first-order valence-corrected chi connectivity index (χ1v) is 11.4. The van der Waals surface area contributed by atoms with E-state index in [9.17, 15) is 13.6 Å². The molecule has 1 fully saturated rings. The molecule has 0 N–H and O–H groups in total. The van der Waals surface area contributed by atoms with E-state index in [0.717, 1.165) is 30.5 Å². The average Bonchev–Trinajstić information content (AvgIpc) is 3.18. The molecule has 0 aliphatic carbocycles. The van der Waals surface area contributed by atoms with Gasteiger partial charge in [-0.1, -0.05) is 11.3 Å². The van der Waals surface area contributed by atoms with Crippen LogP contribution in [0.1, 0.15) is 24.2 Å². The van der Waals surface area contributed by atoms with Crippen molar-refractivity contribution in [2.75, 3.05) is 44.3 Å². The molecule has 0 atom stereocenters. The van der Waals surface area contributed by atoms with E-state index in [0.29, 0.717) is 47.4 Å². The third-order valence-corrected chi connectivity index (χ3v) is 6.12. The molecule has 4 rings (SSSR count). The summed E-state index contributed by atoms with van der Waals surface area (Å²) in [6.45, 7) is 7.71. The van der Waals surface area contributed by atoms with Crippen molar-refractivity contribution in [3.63, 3.8) is 0 Å². The Kier molecular flexibility index (Phi) is 6.98. The van der Waals surface area contributed by atoms with E-state index in [1.54, 1.807) is 24.3 Å². The molecule has 0 spiro atoms. The molecule has 1 aromatic heterocycles. The second kappa shape index (κ2) is 9.89. The van der Waals surface area contributed by atoms with Crippen molar-refractivity contribution in [2.24, 2.45) is 0 Å². The lowest BCUT2D eigenvalue weighted by atomic mass is 10.2. The first-order chi connectivity index (χ1) is 15.4. The molecule has 2 heterocycles. The Balaban J connectivity index is 1.62. The largest absolute Gasteiger partial charge is 0.491 e. The number of fused-ring (bicyclic) bond motifs is 1. The Bertz CT molecular complexity index is 1080. The van der Waals surface area contributed by atoms with Crippen LogP contribution >= 0.6 is 11.3 Å². The first-order valence-electron chi connectivity index (χ1n) is 10.5. The van der Waals surface area contributed by atoms with Gasteiger partial charge in [0.25, 0.3) is 5.91 Å². The van der Waals surface area contributed by atoms with Crippen LogP contribution in [0.2, 0.25) is 0 Å².